The molecule has 0 aliphatic carbocycles. The third-order valence-corrected chi connectivity index (χ3v) is 5.27. The van der Waals surface area contributed by atoms with Gasteiger partial charge in [0.2, 0.25) is 0 Å². The predicted molar refractivity (Wildman–Crippen MR) is 123 cm³/mol. The number of nitrogens with zero attached hydrogens (tertiary/aromatic N) is 2. The number of hydrazone groups is 1. The second-order valence-corrected chi connectivity index (χ2v) is 7.61. The van der Waals surface area contributed by atoms with Crippen molar-refractivity contribution in [3.05, 3.63) is 65.7 Å². The average molecular weight is 439 g/mol. The summed E-state index contributed by atoms with van der Waals surface area (Å²) >= 11 is 0. The molecule has 0 saturated carbocycles. The first-order valence-electron chi connectivity index (χ1n) is 10.9. The maximum Gasteiger partial charge on any atom is 0.257 e. The number of hydrogen-bond acceptors (Lipinski definition) is 6. The van der Waals surface area contributed by atoms with Gasteiger partial charge in [-0.05, 0) is 49.1 Å². The minimum absolute atomic E-state index is 0.0886. The second kappa shape index (κ2) is 12.6. The molecule has 0 bridgehead atoms. The number of benzene rings is 2. The number of nitrogens with one attached hydrogen (secondary N) is 2. The van der Waals surface area contributed by atoms with Crippen LogP contribution < -0.4 is 10.7 Å². The molecule has 8 nitrogen and oxygen atoms in total. The van der Waals surface area contributed by atoms with Crippen molar-refractivity contribution in [3.8, 4) is 5.75 Å². The molecule has 0 unspecified atom stereocenters. The Morgan fingerprint density at radius 2 is 1.88 bits per heavy atom. The smallest absolute Gasteiger partial charge is 0.257 e. The molecule has 1 heterocycles. The van der Waals surface area contributed by atoms with Gasteiger partial charge >= 0.3 is 0 Å². The summed E-state index contributed by atoms with van der Waals surface area (Å²) in [5.41, 5.74) is 3.96. The van der Waals surface area contributed by atoms with Gasteiger partial charge in [-0.3, -0.25) is 14.5 Å². The van der Waals surface area contributed by atoms with Crippen LogP contribution in [-0.4, -0.2) is 66.9 Å². The Balaban J connectivity index is 1.47. The van der Waals surface area contributed by atoms with E-state index in [0.29, 0.717) is 50.4 Å². The number of carbonyl (C=O) groups excluding carboxylic acids is 2. The van der Waals surface area contributed by atoms with Crippen LogP contribution in [0.1, 0.15) is 35.2 Å². The van der Waals surface area contributed by atoms with Gasteiger partial charge in [0, 0.05) is 25.2 Å². The highest BCUT2D eigenvalue weighted by molar-refractivity contribution is 5.94. The summed E-state index contributed by atoms with van der Waals surface area (Å²) in [4.78, 5) is 27.1. The zero-order chi connectivity index (χ0) is 22.6. The summed E-state index contributed by atoms with van der Waals surface area (Å²) in [6, 6.07) is 15.4. The molecule has 2 aromatic carbocycles. The van der Waals surface area contributed by atoms with E-state index in [2.05, 4.69) is 20.7 Å². The van der Waals surface area contributed by atoms with E-state index in [1.165, 1.54) is 6.21 Å². The highest BCUT2D eigenvalue weighted by atomic mass is 16.5. The molecule has 1 fully saturated rings. The third kappa shape index (κ3) is 7.47. The fourth-order valence-corrected chi connectivity index (χ4v) is 3.57. The van der Waals surface area contributed by atoms with Gasteiger partial charge in [-0.25, -0.2) is 5.43 Å². The number of ether oxygens (including phenoxy) is 1. The van der Waals surface area contributed by atoms with Crippen molar-refractivity contribution in [1.29, 1.82) is 0 Å². The first kappa shape index (κ1) is 23.4. The maximum atomic E-state index is 12.8. The van der Waals surface area contributed by atoms with Crippen LogP contribution in [0.2, 0.25) is 0 Å². The second-order valence-electron chi connectivity index (χ2n) is 7.61. The Kier molecular flexibility index (Phi) is 9.21. The molecule has 2 aromatic rings. The van der Waals surface area contributed by atoms with Crippen LogP contribution in [0.15, 0.2) is 59.7 Å². The normalized spacial score (nSPS) is 15.4. The fourth-order valence-electron chi connectivity index (χ4n) is 3.57. The van der Waals surface area contributed by atoms with E-state index in [0.717, 1.165) is 12.8 Å². The molecule has 3 N–H and O–H groups in total. The first-order chi connectivity index (χ1) is 15.6. The minimum atomic E-state index is -0.315. The lowest BCUT2D eigenvalue weighted by molar-refractivity contribution is -0.128. The van der Waals surface area contributed by atoms with Crippen molar-refractivity contribution in [2.24, 2.45) is 5.10 Å². The monoisotopic (exact) mass is 438 g/mol. The molecule has 3 rings (SSSR count). The average Bonchev–Trinajstić information content (AvgIpc) is 2.82. The lowest BCUT2D eigenvalue weighted by atomic mass is 10.1. The summed E-state index contributed by atoms with van der Waals surface area (Å²) in [6.45, 7) is 3.14. The Labute approximate surface area is 188 Å². The van der Waals surface area contributed by atoms with E-state index < -0.39 is 0 Å². The maximum absolute atomic E-state index is 12.8. The number of carbonyl (C=O) groups is 2. The molecule has 0 radical (unpaired) electrons. The number of phenols is 1. The molecule has 32 heavy (non-hydrogen) atoms. The molecule has 2 amide bonds. The van der Waals surface area contributed by atoms with Gasteiger partial charge in [0.25, 0.3) is 11.8 Å². The molecule has 1 saturated heterocycles. The predicted octanol–water partition coefficient (Wildman–Crippen LogP) is 2.14. The van der Waals surface area contributed by atoms with Crippen molar-refractivity contribution >= 4 is 18.0 Å². The van der Waals surface area contributed by atoms with Crippen molar-refractivity contribution in [3.63, 3.8) is 0 Å². The summed E-state index contributed by atoms with van der Waals surface area (Å²) < 4.78 is 5.42. The van der Waals surface area contributed by atoms with Gasteiger partial charge in [0.1, 0.15) is 5.75 Å². The third-order valence-electron chi connectivity index (χ3n) is 5.27. The van der Waals surface area contributed by atoms with Crippen LogP contribution in [0.4, 0.5) is 0 Å². The molecule has 170 valence electrons. The number of amides is 2. The Morgan fingerprint density at radius 1 is 1.09 bits per heavy atom. The van der Waals surface area contributed by atoms with Gasteiger partial charge < -0.3 is 15.2 Å². The van der Waals surface area contributed by atoms with E-state index >= 15 is 0 Å². The number of hydrogen-bond donors (Lipinski definition) is 3. The van der Waals surface area contributed by atoms with Crippen molar-refractivity contribution in [2.75, 3.05) is 32.8 Å². The summed E-state index contributed by atoms with van der Waals surface area (Å²) in [7, 11) is 0. The molecular weight excluding hydrogens is 408 g/mol. The van der Waals surface area contributed by atoms with Crippen LogP contribution in [-0.2, 0) is 9.53 Å². The topological polar surface area (TPSA) is 103 Å². The van der Waals surface area contributed by atoms with Crippen LogP contribution in [0.25, 0.3) is 0 Å². The summed E-state index contributed by atoms with van der Waals surface area (Å²) in [5.74, 6) is -0.114. The van der Waals surface area contributed by atoms with Crippen LogP contribution in [0, 0.1) is 0 Å². The standard InChI is InChI=1S/C24H30N4O4/c29-21-10-6-7-19(17-21)18-26-27-24(31)22(28-13-15-32-16-14-28)11-4-5-12-25-23(30)20-8-2-1-3-9-20/h1-3,6-10,17-18,22,29H,4-5,11-16H2,(H,25,30)(H,27,31)/b26-18+/t22-/m1/s1. The van der Waals surface area contributed by atoms with Gasteiger partial charge in [-0.15, -0.1) is 0 Å². The van der Waals surface area contributed by atoms with Crippen LogP contribution in [0.3, 0.4) is 0 Å². The fraction of sp³-hybridized carbons (Fsp3) is 0.375. The lowest BCUT2D eigenvalue weighted by Crippen LogP contribution is -2.50. The van der Waals surface area contributed by atoms with Gasteiger partial charge in [-0.2, -0.15) is 5.10 Å². The zero-order valence-electron chi connectivity index (χ0n) is 18.1. The summed E-state index contributed by atoms with van der Waals surface area (Å²) in [6.07, 6.45) is 3.74. The Morgan fingerprint density at radius 3 is 2.62 bits per heavy atom. The summed E-state index contributed by atoms with van der Waals surface area (Å²) in [5, 5.41) is 16.5. The molecule has 1 aliphatic rings. The molecule has 0 spiro atoms. The van der Waals surface area contributed by atoms with E-state index in [4.69, 9.17) is 4.74 Å². The Hall–Kier alpha value is -3.23. The highest BCUT2D eigenvalue weighted by Gasteiger charge is 2.26. The molecule has 1 atom stereocenters. The number of rotatable bonds is 10. The van der Waals surface area contributed by atoms with Gasteiger partial charge in [0.15, 0.2) is 0 Å². The quantitative estimate of drug-likeness (QED) is 0.300. The minimum Gasteiger partial charge on any atom is -0.508 e. The first-order valence-corrected chi connectivity index (χ1v) is 10.9. The van der Waals surface area contributed by atoms with E-state index in [9.17, 15) is 14.7 Å². The van der Waals surface area contributed by atoms with E-state index in [1.54, 1.807) is 36.4 Å². The lowest BCUT2D eigenvalue weighted by Gasteiger charge is -2.33. The van der Waals surface area contributed by atoms with Gasteiger partial charge in [-0.1, -0.05) is 30.3 Å². The number of aromatic hydroxyl groups is 1. The Bertz CT molecular complexity index is 898. The highest BCUT2D eigenvalue weighted by Crippen LogP contribution is 2.12. The number of phenolic OH excluding ortho intramolecular Hbond substituents is 1. The molecule has 1 aliphatic heterocycles. The van der Waals surface area contributed by atoms with Gasteiger partial charge in [0.05, 0.1) is 25.5 Å². The molecule has 0 aromatic heterocycles. The van der Waals surface area contributed by atoms with E-state index in [1.807, 2.05) is 18.2 Å². The van der Waals surface area contributed by atoms with Crippen LogP contribution >= 0.6 is 0 Å². The van der Waals surface area contributed by atoms with Crippen molar-refractivity contribution < 1.29 is 19.4 Å². The van der Waals surface area contributed by atoms with Crippen molar-refractivity contribution in [2.45, 2.75) is 25.3 Å². The largest absolute Gasteiger partial charge is 0.508 e. The van der Waals surface area contributed by atoms with E-state index in [-0.39, 0.29) is 23.6 Å². The molecule has 8 heteroatoms. The zero-order valence-corrected chi connectivity index (χ0v) is 18.1. The number of unbranched alkanes of at least 4 members (excludes halogenated alkanes) is 1. The van der Waals surface area contributed by atoms with Crippen LogP contribution in [0.5, 0.6) is 5.75 Å². The SMILES string of the molecule is O=C(NCCCC[C@H](C(=O)N/N=C/c1cccc(O)c1)N1CCOCC1)c1ccccc1. The molecular formula is C24H30N4O4. The number of morpholine rings is 1. The van der Waals surface area contributed by atoms with Crippen molar-refractivity contribution in [1.82, 2.24) is 15.6 Å².